The third kappa shape index (κ3) is 6.43. The van der Waals surface area contributed by atoms with E-state index in [0.29, 0.717) is 23.3 Å². The van der Waals surface area contributed by atoms with Crippen molar-refractivity contribution in [3.05, 3.63) is 71.7 Å². The smallest absolute Gasteiger partial charge is 0.319 e. The second kappa shape index (κ2) is 13.9. The number of halogens is 2. The summed E-state index contributed by atoms with van der Waals surface area (Å²) < 4.78 is 41.1. The molecule has 3 atom stereocenters. The van der Waals surface area contributed by atoms with E-state index in [2.05, 4.69) is 24.7 Å². The van der Waals surface area contributed by atoms with Gasteiger partial charge in [-0.3, -0.25) is 19.7 Å². The van der Waals surface area contributed by atoms with Gasteiger partial charge in [-0.25, -0.2) is 15.4 Å². The van der Waals surface area contributed by atoms with Gasteiger partial charge in [-0.15, -0.1) is 0 Å². The van der Waals surface area contributed by atoms with Crippen LogP contribution in [0.4, 0.5) is 14.6 Å². The van der Waals surface area contributed by atoms with Crippen molar-refractivity contribution in [1.29, 1.82) is 0 Å². The Bertz CT molecular complexity index is 1860. The summed E-state index contributed by atoms with van der Waals surface area (Å²) in [6.07, 6.45) is 8.11. The van der Waals surface area contributed by atoms with Crippen molar-refractivity contribution in [2.75, 3.05) is 65.1 Å². The topological polar surface area (TPSA) is 101 Å². The lowest BCUT2D eigenvalue weighted by atomic mass is 10.00. The van der Waals surface area contributed by atoms with Crippen LogP contribution in [0, 0.1) is 19.3 Å². The molecule has 2 saturated heterocycles. The van der Waals surface area contributed by atoms with Crippen LogP contribution in [-0.4, -0.2) is 114 Å². The summed E-state index contributed by atoms with van der Waals surface area (Å²) in [5.74, 6) is -0.598. The molecule has 1 aromatic carbocycles. The predicted molar refractivity (Wildman–Crippen MR) is 174 cm³/mol. The van der Waals surface area contributed by atoms with Crippen LogP contribution in [0.1, 0.15) is 12.0 Å². The number of piperazine rings is 1. The van der Waals surface area contributed by atoms with Crippen LogP contribution in [0.3, 0.4) is 0 Å². The molecule has 4 aromatic rings. The van der Waals surface area contributed by atoms with E-state index >= 15 is 4.39 Å². The molecule has 0 saturated carbocycles. The normalized spacial score (nSPS) is 20.4. The third-order valence-corrected chi connectivity index (χ3v) is 9.00. The summed E-state index contributed by atoms with van der Waals surface area (Å²) in [4.78, 5) is 40.2. The number of rotatable bonds is 9. The Kier molecular flexibility index (Phi) is 9.51. The molecule has 2 aliphatic heterocycles. The zero-order valence-electron chi connectivity index (χ0n) is 26.6. The average molecular weight is 643 g/mol. The van der Waals surface area contributed by atoms with Gasteiger partial charge in [0, 0.05) is 74.9 Å². The number of benzene rings is 1. The molecule has 0 bridgehead atoms. The third-order valence-electron chi connectivity index (χ3n) is 9.00. The van der Waals surface area contributed by atoms with E-state index < -0.39 is 18.5 Å². The van der Waals surface area contributed by atoms with Gasteiger partial charge in [0.1, 0.15) is 36.4 Å². The van der Waals surface area contributed by atoms with E-state index in [0.717, 1.165) is 35.4 Å². The molecule has 11 nitrogen and oxygen atoms in total. The quantitative estimate of drug-likeness (QED) is 0.196. The molecule has 13 heteroatoms. The molecule has 0 radical (unpaired) electrons. The maximum absolute atomic E-state index is 16.7. The number of fused-ring (bicyclic) bond motifs is 2. The molecule has 0 N–H and O–H groups in total. The fraction of sp³-hybridized carbons (Fsp3) is 0.412. The molecule has 1 amide bonds. The van der Waals surface area contributed by atoms with E-state index in [9.17, 15) is 9.18 Å². The lowest BCUT2D eigenvalue weighted by molar-refractivity contribution is -0.128. The number of likely N-dealkylation sites (N-methyl/N-ethyl adjacent to an activating group) is 1. The second-order valence-corrected chi connectivity index (χ2v) is 11.9. The fourth-order valence-corrected chi connectivity index (χ4v) is 6.52. The van der Waals surface area contributed by atoms with Gasteiger partial charge in [0.2, 0.25) is 12.5 Å². The van der Waals surface area contributed by atoms with Crippen LogP contribution in [0.15, 0.2) is 48.9 Å². The average Bonchev–Trinajstić information content (AvgIpc) is 3.45. The number of likely N-dealkylation sites (tertiary alicyclic amines) is 1. The van der Waals surface area contributed by atoms with Gasteiger partial charge in [-0.2, -0.15) is 9.97 Å². The molecule has 5 heterocycles. The number of carbonyl (C=O) groups excluding carboxylic acids is 1. The Morgan fingerprint density at radius 1 is 1.17 bits per heavy atom. The highest BCUT2D eigenvalue weighted by Gasteiger charge is 2.34. The molecule has 47 heavy (non-hydrogen) atoms. The van der Waals surface area contributed by atoms with Gasteiger partial charge in [-0.1, -0.05) is 18.2 Å². The first-order valence-electron chi connectivity index (χ1n) is 15.5. The summed E-state index contributed by atoms with van der Waals surface area (Å²) in [7, 11) is 3.69. The molecule has 0 unspecified atom stereocenters. The highest BCUT2D eigenvalue weighted by Crippen LogP contribution is 2.36. The second-order valence-electron chi connectivity index (χ2n) is 11.9. The van der Waals surface area contributed by atoms with Gasteiger partial charge >= 0.3 is 6.01 Å². The number of methoxy groups -OCH3 is 1. The van der Waals surface area contributed by atoms with E-state index in [1.54, 1.807) is 30.6 Å². The molecule has 244 valence electrons. The Labute approximate surface area is 271 Å². The molecular weight excluding hydrogens is 606 g/mol. The van der Waals surface area contributed by atoms with Crippen molar-refractivity contribution in [1.82, 2.24) is 29.7 Å². The number of amides is 1. The van der Waals surface area contributed by atoms with Crippen LogP contribution in [0.5, 0.6) is 6.01 Å². The highest BCUT2D eigenvalue weighted by molar-refractivity contribution is 6.00. The summed E-state index contributed by atoms with van der Waals surface area (Å²) in [6, 6.07) is 5.39. The zero-order chi connectivity index (χ0) is 33.1. The summed E-state index contributed by atoms with van der Waals surface area (Å²) >= 11 is 0. The van der Waals surface area contributed by atoms with Crippen LogP contribution < -0.4 is 9.64 Å². The molecule has 6 rings (SSSR count). The molecule has 3 aromatic heterocycles. The Morgan fingerprint density at radius 3 is 2.79 bits per heavy atom. The number of aromatic nitrogens is 4. The maximum Gasteiger partial charge on any atom is 0.319 e. The van der Waals surface area contributed by atoms with E-state index in [4.69, 9.17) is 21.0 Å². The Morgan fingerprint density at radius 2 is 2.02 bits per heavy atom. The summed E-state index contributed by atoms with van der Waals surface area (Å²) in [5, 5.41) is 2.09. The van der Waals surface area contributed by atoms with Crippen LogP contribution in [0.25, 0.3) is 37.8 Å². The predicted octanol–water partition coefficient (Wildman–Crippen LogP) is 4.25. The maximum atomic E-state index is 16.7. The minimum atomic E-state index is -0.757. The number of aryl methyl sites for hydroxylation is 1. The molecule has 0 spiro atoms. The number of pyridine rings is 2. The first kappa shape index (κ1) is 32.2. The minimum absolute atomic E-state index is 0.0103. The zero-order valence-corrected chi connectivity index (χ0v) is 26.6. The number of hydrogen-bond donors (Lipinski definition) is 0. The summed E-state index contributed by atoms with van der Waals surface area (Å²) in [5.41, 5.74) is 1.66. The SMILES string of the molecule is [C-]#[N+]C[C@H]1CN(c2nc(OC[C@@H]3C[C@@H](OC)CN3C)nc3c(F)c(-c4cncc5cccc(C)c45)ncc23)CCN1C(=O)/C=C/CF. The van der Waals surface area contributed by atoms with Gasteiger partial charge in [0.15, 0.2) is 5.82 Å². The molecular formula is C34H36F2N8O3. The molecule has 2 fully saturated rings. The van der Waals surface area contributed by atoms with Gasteiger partial charge < -0.3 is 24.1 Å². The van der Waals surface area contributed by atoms with Gasteiger partial charge in [0.05, 0.1) is 11.5 Å². The number of ether oxygens (including phenoxy) is 2. The van der Waals surface area contributed by atoms with Gasteiger partial charge in [0.25, 0.3) is 0 Å². The van der Waals surface area contributed by atoms with Crippen molar-refractivity contribution in [3.8, 4) is 17.3 Å². The largest absolute Gasteiger partial charge is 0.462 e. The van der Waals surface area contributed by atoms with E-state index in [1.807, 2.05) is 37.1 Å². The monoisotopic (exact) mass is 642 g/mol. The summed E-state index contributed by atoms with van der Waals surface area (Å²) in [6.45, 7) is 10.6. The lowest BCUT2D eigenvalue weighted by Gasteiger charge is -2.39. The number of anilines is 1. The highest BCUT2D eigenvalue weighted by atomic mass is 19.1. The van der Waals surface area contributed by atoms with Crippen molar-refractivity contribution >= 4 is 33.4 Å². The first-order chi connectivity index (χ1) is 22.8. The minimum Gasteiger partial charge on any atom is -0.462 e. The number of allylic oxidation sites excluding steroid dienone is 1. The van der Waals surface area contributed by atoms with Crippen molar-refractivity contribution in [3.63, 3.8) is 0 Å². The van der Waals surface area contributed by atoms with E-state index in [-0.39, 0.29) is 61.5 Å². The number of nitrogens with zero attached hydrogens (tertiary/aromatic N) is 8. The van der Waals surface area contributed by atoms with Gasteiger partial charge in [-0.05, 0) is 37.4 Å². The fourth-order valence-electron chi connectivity index (χ4n) is 6.52. The lowest BCUT2D eigenvalue weighted by Crippen LogP contribution is -2.56. The number of carbonyl (C=O) groups is 1. The molecule has 2 aliphatic rings. The first-order valence-corrected chi connectivity index (χ1v) is 15.5. The van der Waals surface area contributed by atoms with Crippen molar-refractivity contribution in [2.24, 2.45) is 0 Å². The standard InChI is InChI=1S/C34H36F2N8O3/c1-21-7-5-8-22-14-38-16-26(29(21)22)31-30(36)32-27(17-39-31)33(41-34(40-32)47-20-23-13-25(46-4)19-42(23)3)43-11-12-44(24(18-43)15-37-2)28(45)9-6-10-35/h5-9,14,16-17,23-25H,10-13,15,18-20H2,1,3-4H3/b9-6+/t23-,24-,25+/m0/s1. The van der Waals surface area contributed by atoms with Crippen LogP contribution in [0.2, 0.25) is 0 Å². The molecule has 0 aliphatic carbocycles. The van der Waals surface area contributed by atoms with Crippen molar-refractivity contribution in [2.45, 2.75) is 31.5 Å². The number of hydrogen-bond acceptors (Lipinski definition) is 9. The Balaban J connectivity index is 1.42. The van der Waals surface area contributed by atoms with E-state index in [1.165, 1.54) is 6.08 Å². The number of alkyl halides is 1. The van der Waals surface area contributed by atoms with Crippen LogP contribution in [-0.2, 0) is 9.53 Å². The van der Waals surface area contributed by atoms with Crippen LogP contribution >= 0.6 is 0 Å². The van der Waals surface area contributed by atoms with Crippen molar-refractivity contribution < 1.29 is 23.0 Å². The Hall–Kier alpha value is -4.80.